The van der Waals surface area contributed by atoms with Crippen LogP contribution in [0.3, 0.4) is 0 Å². The Labute approximate surface area is 185 Å². The third-order valence-corrected chi connectivity index (χ3v) is 6.11. The number of halogens is 6. The normalized spacial score (nSPS) is 15.7. The van der Waals surface area contributed by atoms with E-state index in [0.29, 0.717) is 5.56 Å². The van der Waals surface area contributed by atoms with Crippen molar-refractivity contribution < 1.29 is 44.3 Å². The first-order valence-corrected chi connectivity index (χ1v) is 11.4. The van der Waals surface area contributed by atoms with Gasteiger partial charge in [0.25, 0.3) is 5.91 Å². The molecule has 1 aromatic heterocycles. The Kier molecular flexibility index (Phi) is 6.39. The summed E-state index contributed by atoms with van der Waals surface area (Å²) >= 11 is 0. The van der Waals surface area contributed by atoms with Crippen molar-refractivity contribution in [3.63, 3.8) is 0 Å². The number of benzene rings is 1. The number of hydrogen-bond donors (Lipinski definition) is 0. The zero-order valence-electron chi connectivity index (χ0n) is 17.3. The summed E-state index contributed by atoms with van der Waals surface area (Å²) < 4.78 is 106. The molecule has 0 fully saturated rings. The number of rotatable bonds is 4. The molecule has 0 aliphatic carbocycles. The fourth-order valence-electron chi connectivity index (χ4n) is 3.18. The average molecular weight is 496 g/mol. The van der Waals surface area contributed by atoms with E-state index < -0.39 is 51.2 Å². The molecular weight excluding hydrogens is 478 g/mol. The van der Waals surface area contributed by atoms with Crippen LogP contribution in [0.25, 0.3) is 0 Å². The van der Waals surface area contributed by atoms with Crippen LogP contribution in [0.4, 0.5) is 26.3 Å². The van der Waals surface area contributed by atoms with E-state index in [1.165, 1.54) is 11.0 Å². The maximum Gasteiger partial charge on any atom is 0.433 e. The predicted molar refractivity (Wildman–Crippen MR) is 103 cm³/mol. The fourth-order valence-corrected chi connectivity index (χ4v) is 3.83. The van der Waals surface area contributed by atoms with Crippen molar-refractivity contribution in [3.05, 3.63) is 52.8 Å². The lowest BCUT2D eigenvalue weighted by atomic mass is 10.0. The van der Waals surface area contributed by atoms with Crippen LogP contribution in [-0.2, 0) is 29.0 Å². The Morgan fingerprint density at radius 2 is 1.79 bits per heavy atom. The summed E-state index contributed by atoms with van der Waals surface area (Å²) in [5.41, 5.74) is -0.982. The fraction of sp³-hybridized carbons (Fsp3) is 0.400. The van der Waals surface area contributed by atoms with E-state index in [2.05, 4.69) is 4.98 Å². The van der Waals surface area contributed by atoms with Crippen molar-refractivity contribution in [1.29, 1.82) is 0 Å². The molecule has 13 heteroatoms. The molecule has 1 atom stereocenters. The van der Waals surface area contributed by atoms with Gasteiger partial charge in [0.1, 0.15) is 11.4 Å². The van der Waals surface area contributed by atoms with Gasteiger partial charge >= 0.3 is 12.4 Å². The maximum absolute atomic E-state index is 13.1. The third kappa shape index (κ3) is 5.57. The Hall–Kier alpha value is -2.83. The van der Waals surface area contributed by atoms with Gasteiger partial charge in [0.15, 0.2) is 15.9 Å². The molecule has 180 valence electrons. The summed E-state index contributed by atoms with van der Waals surface area (Å²) in [6, 6.07) is 4.88. The van der Waals surface area contributed by atoms with E-state index in [-0.39, 0.29) is 30.1 Å². The van der Waals surface area contributed by atoms with Crippen molar-refractivity contribution >= 4 is 15.7 Å². The standard InChI is InChI=1S/C20H18F6N2O4S/c1-11(19(21,22)23)32-16-5-4-13(33(2,30)31)9-14(16)18(29)28-8-7-15-12(10-28)3-6-17(27-15)20(24,25)26/h3-6,9,11H,7-8,10H2,1-2H3/t11-/m0/s1. The van der Waals surface area contributed by atoms with Gasteiger partial charge in [-0.15, -0.1) is 0 Å². The van der Waals surface area contributed by atoms with Crippen molar-refractivity contribution in [2.24, 2.45) is 0 Å². The summed E-state index contributed by atoms with van der Waals surface area (Å²) in [6.45, 7) is 0.508. The molecule has 0 saturated heterocycles. The van der Waals surface area contributed by atoms with Crippen LogP contribution >= 0.6 is 0 Å². The Bertz CT molecular complexity index is 1180. The minimum atomic E-state index is -4.73. The molecule has 2 heterocycles. The van der Waals surface area contributed by atoms with Crippen molar-refractivity contribution in [2.45, 2.75) is 43.2 Å². The van der Waals surface area contributed by atoms with Gasteiger partial charge < -0.3 is 9.64 Å². The monoisotopic (exact) mass is 496 g/mol. The molecule has 1 aliphatic heterocycles. The van der Waals surface area contributed by atoms with Crippen LogP contribution in [0.1, 0.15) is 34.2 Å². The molecule has 1 aromatic carbocycles. The summed E-state index contributed by atoms with van der Waals surface area (Å²) in [5, 5.41) is 0. The number of sulfone groups is 1. The third-order valence-electron chi connectivity index (χ3n) is 5.00. The highest BCUT2D eigenvalue weighted by atomic mass is 32.2. The average Bonchev–Trinajstić information content (AvgIpc) is 2.70. The molecule has 1 amide bonds. The zero-order valence-corrected chi connectivity index (χ0v) is 18.1. The molecule has 0 radical (unpaired) electrons. The van der Waals surface area contributed by atoms with Crippen LogP contribution in [0.15, 0.2) is 35.2 Å². The number of fused-ring (bicyclic) bond motifs is 1. The number of nitrogens with zero attached hydrogens (tertiary/aromatic N) is 2. The van der Waals surface area contributed by atoms with Gasteiger partial charge in [-0.25, -0.2) is 13.4 Å². The number of alkyl halides is 6. The van der Waals surface area contributed by atoms with Gasteiger partial charge in [0, 0.05) is 31.5 Å². The van der Waals surface area contributed by atoms with Crippen molar-refractivity contribution in [2.75, 3.05) is 12.8 Å². The minimum absolute atomic E-state index is 0.0219. The first-order chi connectivity index (χ1) is 15.1. The number of hydrogen-bond acceptors (Lipinski definition) is 5. The van der Waals surface area contributed by atoms with E-state index in [9.17, 15) is 39.6 Å². The number of carbonyl (C=O) groups excluding carboxylic acids is 1. The molecule has 2 aromatic rings. The van der Waals surface area contributed by atoms with Gasteiger partial charge in [-0.1, -0.05) is 6.07 Å². The van der Waals surface area contributed by atoms with Crippen LogP contribution in [0, 0.1) is 0 Å². The Balaban J connectivity index is 1.95. The predicted octanol–water partition coefficient (Wildman–Crippen LogP) is 4.03. The lowest BCUT2D eigenvalue weighted by Crippen LogP contribution is -2.37. The highest BCUT2D eigenvalue weighted by molar-refractivity contribution is 7.90. The summed E-state index contributed by atoms with van der Waals surface area (Å²) in [4.78, 5) is 17.6. The lowest BCUT2D eigenvalue weighted by Gasteiger charge is -2.29. The largest absolute Gasteiger partial charge is 0.480 e. The van der Waals surface area contributed by atoms with E-state index in [0.717, 1.165) is 37.4 Å². The smallest absolute Gasteiger partial charge is 0.433 e. The van der Waals surface area contributed by atoms with E-state index in [1.54, 1.807) is 0 Å². The van der Waals surface area contributed by atoms with Crippen molar-refractivity contribution in [3.8, 4) is 5.75 Å². The summed E-state index contributed by atoms with van der Waals surface area (Å²) in [5.74, 6) is -1.29. The van der Waals surface area contributed by atoms with Crippen LogP contribution in [0.2, 0.25) is 0 Å². The molecule has 0 saturated carbocycles. The molecule has 1 aliphatic rings. The topological polar surface area (TPSA) is 76.6 Å². The SMILES string of the molecule is C[C@H](Oc1ccc(S(C)(=O)=O)cc1C(=O)N1CCc2nc(C(F)(F)F)ccc2C1)C(F)(F)F. The second-order valence-electron chi connectivity index (χ2n) is 7.51. The second-order valence-corrected chi connectivity index (χ2v) is 9.52. The van der Waals surface area contributed by atoms with E-state index >= 15 is 0 Å². The molecule has 6 nitrogen and oxygen atoms in total. The van der Waals surface area contributed by atoms with Gasteiger partial charge in [0.2, 0.25) is 0 Å². The van der Waals surface area contributed by atoms with Gasteiger partial charge in [0.05, 0.1) is 10.5 Å². The molecule has 33 heavy (non-hydrogen) atoms. The van der Waals surface area contributed by atoms with E-state index in [4.69, 9.17) is 4.74 Å². The van der Waals surface area contributed by atoms with Crippen molar-refractivity contribution in [1.82, 2.24) is 9.88 Å². The number of carbonyl (C=O) groups is 1. The molecule has 3 rings (SSSR count). The highest BCUT2D eigenvalue weighted by Crippen LogP contribution is 2.32. The molecule has 0 bridgehead atoms. The summed E-state index contributed by atoms with van der Waals surface area (Å²) in [6.07, 6.45) is -10.8. The van der Waals surface area contributed by atoms with Gasteiger partial charge in [-0.2, -0.15) is 26.3 Å². The quantitative estimate of drug-likeness (QED) is 0.598. The number of aromatic nitrogens is 1. The van der Waals surface area contributed by atoms with Crippen LogP contribution < -0.4 is 4.74 Å². The van der Waals surface area contributed by atoms with E-state index in [1.807, 2.05) is 0 Å². The Morgan fingerprint density at radius 3 is 2.36 bits per heavy atom. The first-order valence-electron chi connectivity index (χ1n) is 9.50. The molecule has 0 unspecified atom stereocenters. The van der Waals surface area contributed by atoms with Gasteiger partial charge in [-0.3, -0.25) is 4.79 Å². The van der Waals surface area contributed by atoms with Crippen LogP contribution in [-0.4, -0.2) is 49.3 Å². The Morgan fingerprint density at radius 1 is 1.12 bits per heavy atom. The maximum atomic E-state index is 13.1. The molecule has 0 spiro atoms. The minimum Gasteiger partial charge on any atom is -0.480 e. The number of ether oxygens (including phenoxy) is 1. The second kappa shape index (κ2) is 8.50. The van der Waals surface area contributed by atoms with Gasteiger partial charge in [-0.05, 0) is 36.8 Å². The van der Waals surface area contributed by atoms with Crippen LogP contribution in [0.5, 0.6) is 5.75 Å². The summed E-state index contributed by atoms with van der Waals surface area (Å²) in [7, 11) is -3.80. The highest BCUT2D eigenvalue weighted by Gasteiger charge is 2.39. The number of pyridine rings is 1. The molecule has 0 N–H and O–H groups in total. The molecular formula is C20H18F6N2O4S. The number of amides is 1. The lowest BCUT2D eigenvalue weighted by molar-refractivity contribution is -0.189. The first kappa shape index (κ1) is 24.8. The zero-order chi connectivity index (χ0) is 24.8.